The summed E-state index contributed by atoms with van der Waals surface area (Å²) in [5.74, 6) is -0.367. The zero-order valence-electron chi connectivity index (χ0n) is 16.2. The summed E-state index contributed by atoms with van der Waals surface area (Å²) in [6, 6.07) is 17.3. The molecule has 0 bridgehead atoms. The smallest absolute Gasteiger partial charge is 0.276 e. The van der Waals surface area contributed by atoms with Crippen LogP contribution in [0.15, 0.2) is 60.7 Å². The molecule has 2 N–H and O–H groups in total. The molecular weight excluding hydrogens is 388 g/mol. The van der Waals surface area contributed by atoms with Crippen LogP contribution in [-0.2, 0) is 9.59 Å². The van der Waals surface area contributed by atoms with Crippen LogP contribution in [0.2, 0.25) is 5.02 Å². The number of benzene rings is 3. The Morgan fingerprint density at radius 2 is 1.69 bits per heavy atom. The van der Waals surface area contributed by atoms with Gasteiger partial charge in [0.25, 0.3) is 11.8 Å². The van der Waals surface area contributed by atoms with Crippen molar-refractivity contribution < 1.29 is 14.3 Å². The van der Waals surface area contributed by atoms with Crippen LogP contribution in [0.3, 0.4) is 0 Å². The third-order valence-corrected chi connectivity index (χ3v) is 4.94. The van der Waals surface area contributed by atoms with Gasteiger partial charge in [0.15, 0.2) is 6.61 Å². The number of aryl methyl sites for hydroxylation is 2. The molecule has 0 spiro atoms. The third-order valence-electron chi connectivity index (χ3n) is 4.34. The molecule has 0 heterocycles. The molecule has 0 aromatic heterocycles. The maximum Gasteiger partial charge on any atom is 0.276 e. The van der Waals surface area contributed by atoms with Crippen LogP contribution >= 0.6 is 11.6 Å². The number of halogens is 1. The van der Waals surface area contributed by atoms with Gasteiger partial charge in [-0.05, 0) is 59.5 Å². The van der Waals surface area contributed by atoms with Crippen LogP contribution in [0.1, 0.15) is 16.7 Å². The first-order chi connectivity index (χ1) is 13.9. The lowest BCUT2D eigenvalue weighted by atomic mass is 10.0. The van der Waals surface area contributed by atoms with Crippen LogP contribution in [-0.4, -0.2) is 18.4 Å². The Labute approximate surface area is 174 Å². The summed E-state index contributed by atoms with van der Waals surface area (Å²) in [7, 11) is 0. The van der Waals surface area contributed by atoms with Crippen molar-refractivity contribution in [3.8, 4) is 5.75 Å². The summed E-state index contributed by atoms with van der Waals surface area (Å²) in [6.07, 6.45) is 3.08. The molecule has 0 saturated carbocycles. The molecular formula is C23H21ClN2O3. The minimum Gasteiger partial charge on any atom is -0.484 e. The van der Waals surface area contributed by atoms with Crippen molar-refractivity contribution in [1.82, 2.24) is 10.9 Å². The Morgan fingerprint density at radius 3 is 2.45 bits per heavy atom. The highest BCUT2D eigenvalue weighted by molar-refractivity contribution is 6.32. The molecule has 0 radical (unpaired) electrons. The van der Waals surface area contributed by atoms with E-state index in [1.807, 2.05) is 56.3 Å². The molecule has 6 heteroatoms. The predicted molar refractivity (Wildman–Crippen MR) is 116 cm³/mol. The van der Waals surface area contributed by atoms with Gasteiger partial charge in [-0.1, -0.05) is 54.1 Å². The fraction of sp³-hybridized carbons (Fsp3) is 0.130. The number of carbonyl (C=O) groups is 2. The molecule has 0 aliphatic carbocycles. The Hall–Kier alpha value is -3.31. The highest BCUT2D eigenvalue weighted by Gasteiger charge is 2.07. The lowest BCUT2D eigenvalue weighted by molar-refractivity contribution is -0.128. The standard InChI is InChI=1S/C23H21ClN2O3/c1-15-12-19(13-16(2)23(15)24)29-14-22(28)26-25-21(27)11-10-18-8-5-7-17-6-3-4-9-20(17)18/h3-13H,14H2,1-2H3,(H,25,27)(H,26,28)/b11-10+. The van der Waals surface area contributed by atoms with E-state index in [0.29, 0.717) is 10.8 Å². The van der Waals surface area contributed by atoms with Gasteiger partial charge in [0.05, 0.1) is 0 Å². The normalized spacial score (nSPS) is 10.9. The summed E-state index contributed by atoms with van der Waals surface area (Å²) in [6.45, 7) is 3.50. The van der Waals surface area contributed by atoms with Crippen LogP contribution < -0.4 is 15.6 Å². The second-order valence-electron chi connectivity index (χ2n) is 6.60. The summed E-state index contributed by atoms with van der Waals surface area (Å²) in [4.78, 5) is 23.9. The lowest BCUT2D eigenvalue weighted by Crippen LogP contribution is -2.43. The van der Waals surface area contributed by atoms with Gasteiger partial charge in [0, 0.05) is 11.1 Å². The number of rotatable bonds is 5. The topological polar surface area (TPSA) is 67.4 Å². The number of hydrogen-bond acceptors (Lipinski definition) is 3. The number of amides is 2. The number of hydrazine groups is 1. The highest BCUT2D eigenvalue weighted by atomic mass is 35.5. The van der Waals surface area contributed by atoms with E-state index in [1.54, 1.807) is 18.2 Å². The van der Waals surface area contributed by atoms with Crippen LogP contribution in [0.4, 0.5) is 0 Å². The van der Waals surface area contributed by atoms with Crippen molar-refractivity contribution in [2.45, 2.75) is 13.8 Å². The third kappa shape index (κ3) is 5.36. The van der Waals surface area contributed by atoms with Crippen molar-refractivity contribution in [3.05, 3.63) is 82.4 Å². The van der Waals surface area contributed by atoms with Crippen molar-refractivity contribution in [3.63, 3.8) is 0 Å². The molecule has 0 saturated heterocycles. The van der Waals surface area contributed by atoms with E-state index in [1.165, 1.54) is 6.08 Å². The van der Waals surface area contributed by atoms with Gasteiger partial charge in [0.2, 0.25) is 0 Å². The zero-order valence-corrected chi connectivity index (χ0v) is 16.9. The maximum atomic E-state index is 12.0. The van der Waals surface area contributed by atoms with Gasteiger partial charge in [-0.3, -0.25) is 20.4 Å². The first kappa shape index (κ1) is 20.4. The van der Waals surface area contributed by atoms with Crippen LogP contribution in [0.5, 0.6) is 5.75 Å². The summed E-state index contributed by atoms with van der Waals surface area (Å²) in [5, 5.41) is 2.81. The van der Waals surface area contributed by atoms with Gasteiger partial charge in [-0.25, -0.2) is 0 Å². The van der Waals surface area contributed by atoms with E-state index in [2.05, 4.69) is 10.9 Å². The first-order valence-corrected chi connectivity index (χ1v) is 9.46. The molecule has 3 rings (SSSR count). The summed E-state index contributed by atoms with van der Waals surface area (Å²) < 4.78 is 5.45. The van der Waals surface area contributed by atoms with E-state index in [4.69, 9.17) is 16.3 Å². The molecule has 0 aliphatic heterocycles. The quantitative estimate of drug-likeness (QED) is 0.487. The number of fused-ring (bicyclic) bond motifs is 1. The Balaban J connectivity index is 1.51. The maximum absolute atomic E-state index is 12.0. The molecule has 0 aliphatic rings. The predicted octanol–water partition coefficient (Wildman–Crippen LogP) is 4.35. The van der Waals surface area contributed by atoms with Gasteiger partial charge in [0.1, 0.15) is 5.75 Å². The molecule has 3 aromatic carbocycles. The molecule has 5 nitrogen and oxygen atoms in total. The van der Waals surface area contributed by atoms with Crippen molar-refractivity contribution in [1.29, 1.82) is 0 Å². The van der Waals surface area contributed by atoms with Crippen LogP contribution in [0, 0.1) is 13.8 Å². The molecule has 148 valence electrons. The first-order valence-electron chi connectivity index (χ1n) is 9.08. The fourth-order valence-corrected chi connectivity index (χ4v) is 3.02. The lowest BCUT2D eigenvalue weighted by Gasteiger charge is -2.10. The highest BCUT2D eigenvalue weighted by Crippen LogP contribution is 2.25. The number of hydrogen-bond donors (Lipinski definition) is 2. The van der Waals surface area contributed by atoms with Crippen LogP contribution in [0.25, 0.3) is 16.8 Å². The molecule has 0 unspecified atom stereocenters. The van der Waals surface area contributed by atoms with Gasteiger partial charge < -0.3 is 4.74 Å². The van der Waals surface area contributed by atoms with E-state index < -0.39 is 11.8 Å². The number of nitrogens with one attached hydrogen (secondary N) is 2. The summed E-state index contributed by atoms with van der Waals surface area (Å²) in [5.41, 5.74) is 7.33. The minimum atomic E-state index is -0.470. The Morgan fingerprint density at radius 1 is 1.00 bits per heavy atom. The number of carbonyl (C=O) groups excluding carboxylic acids is 2. The fourth-order valence-electron chi connectivity index (χ4n) is 2.91. The second-order valence-corrected chi connectivity index (χ2v) is 6.98. The van der Waals surface area contributed by atoms with Crippen molar-refractivity contribution >= 4 is 40.3 Å². The summed E-state index contributed by atoms with van der Waals surface area (Å²) >= 11 is 6.11. The monoisotopic (exact) mass is 408 g/mol. The van der Waals surface area contributed by atoms with E-state index in [0.717, 1.165) is 27.5 Å². The second kappa shape index (κ2) is 9.26. The van der Waals surface area contributed by atoms with Gasteiger partial charge >= 0.3 is 0 Å². The molecule has 2 amide bonds. The van der Waals surface area contributed by atoms with Crippen molar-refractivity contribution in [2.24, 2.45) is 0 Å². The average molecular weight is 409 g/mol. The van der Waals surface area contributed by atoms with E-state index in [9.17, 15) is 9.59 Å². The SMILES string of the molecule is Cc1cc(OCC(=O)NNC(=O)/C=C/c2cccc3ccccc23)cc(C)c1Cl. The molecule has 0 fully saturated rings. The zero-order chi connectivity index (χ0) is 20.8. The molecule has 3 aromatic rings. The van der Waals surface area contributed by atoms with Crippen molar-refractivity contribution in [2.75, 3.05) is 6.61 Å². The van der Waals surface area contributed by atoms with Gasteiger partial charge in [-0.15, -0.1) is 0 Å². The average Bonchev–Trinajstić information content (AvgIpc) is 2.72. The van der Waals surface area contributed by atoms with E-state index in [-0.39, 0.29) is 6.61 Å². The van der Waals surface area contributed by atoms with Gasteiger partial charge in [-0.2, -0.15) is 0 Å². The molecule has 0 atom stereocenters. The van der Waals surface area contributed by atoms with E-state index >= 15 is 0 Å². The number of ether oxygens (including phenoxy) is 1. The minimum absolute atomic E-state index is 0.228. The molecule has 29 heavy (non-hydrogen) atoms. The Kier molecular flexibility index (Phi) is 6.52. The Bertz CT molecular complexity index is 1060. The largest absolute Gasteiger partial charge is 0.484 e.